The van der Waals surface area contributed by atoms with Crippen LogP contribution in [0.3, 0.4) is 0 Å². The number of nitrogens with one attached hydrogen (secondary N) is 1. The Morgan fingerprint density at radius 3 is 2.22 bits per heavy atom. The number of ether oxygens (including phenoxy) is 1. The minimum Gasteiger partial charge on any atom is -0.481 e. The molecule has 0 bridgehead atoms. The molecule has 2 rings (SSSR count). The van der Waals surface area contributed by atoms with Crippen LogP contribution in [0.1, 0.15) is 37.5 Å². The molecule has 0 aliphatic carbocycles. The van der Waals surface area contributed by atoms with Gasteiger partial charge in [-0.25, -0.2) is 0 Å². The van der Waals surface area contributed by atoms with Crippen molar-refractivity contribution in [2.24, 2.45) is 0 Å². The molecule has 0 saturated carbocycles. The fourth-order valence-electron chi connectivity index (χ4n) is 2.56. The van der Waals surface area contributed by atoms with Gasteiger partial charge in [0.15, 0.2) is 6.10 Å². The summed E-state index contributed by atoms with van der Waals surface area (Å²) < 4.78 is 5.81. The van der Waals surface area contributed by atoms with Crippen molar-refractivity contribution in [1.82, 2.24) is 0 Å². The average Bonchev–Trinajstić information content (AvgIpc) is 2.56. The summed E-state index contributed by atoms with van der Waals surface area (Å²) >= 11 is 0. The molecular weight excluding hydrogens is 286 g/mol. The Morgan fingerprint density at radius 1 is 1.04 bits per heavy atom. The first-order chi connectivity index (χ1) is 11.1. The second kappa shape index (κ2) is 7.82. The first kappa shape index (κ1) is 17.1. The molecule has 0 fully saturated rings. The number of benzene rings is 2. The van der Waals surface area contributed by atoms with E-state index >= 15 is 0 Å². The molecule has 0 saturated heterocycles. The number of rotatable bonds is 6. The first-order valence-corrected chi connectivity index (χ1v) is 8.20. The van der Waals surface area contributed by atoms with Gasteiger partial charge in [0, 0.05) is 5.69 Å². The molecule has 3 heteroatoms. The predicted octanol–water partition coefficient (Wildman–Crippen LogP) is 4.53. The van der Waals surface area contributed by atoms with Crippen LogP contribution in [-0.4, -0.2) is 12.0 Å². The van der Waals surface area contributed by atoms with E-state index in [1.807, 2.05) is 37.3 Å². The summed E-state index contributed by atoms with van der Waals surface area (Å²) in [6.07, 6.45) is 1.22. The number of carbonyl (C=O) groups excluding carboxylic acids is 1. The average molecular weight is 311 g/mol. The Labute approximate surface area is 138 Å². The molecule has 0 radical (unpaired) electrons. The Bertz CT molecular complexity index is 657. The van der Waals surface area contributed by atoms with E-state index in [1.54, 1.807) is 6.92 Å². The molecule has 1 N–H and O–H groups in total. The van der Waals surface area contributed by atoms with Gasteiger partial charge in [-0.2, -0.15) is 0 Å². The number of anilines is 1. The van der Waals surface area contributed by atoms with E-state index in [2.05, 4.69) is 31.3 Å². The zero-order chi connectivity index (χ0) is 16.8. The van der Waals surface area contributed by atoms with Crippen molar-refractivity contribution in [3.63, 3.8) is 0 Å². The summed E-state index contributed by atoms with van der Waals surface area (Å²) in [5.41, 5.74) is 4.26. The molecule has 23 heavy (non-hydrogen) atoms. The van der Waals surface area contributed by atoms with Crippen LogP contribution >= 0.6 is 0 Å². The van der Waals surface area contributed by atoms with E-state index in [9.17, 15) is 4.79 Å². The van der Waals surface area contributed by atoms with Gasteiger partial charge in [-0.1, -0.05) is 50.2 Å². The summed E-state index contributed by atoms with van der Waals surface area (Å²) in [5.74, 6) is 0.624. The lowest BCUT2D eigenvalue weighted by molar-refractivity contribution is -0.122. The third-order valence-corrected chi connectivity index (χ3v) is 4.01. The van der Waals surface area contributed by atoms with Crippen LogP contribution in [-0.2, 0) is 17.6 Å². The fourth-order valence-corrected chi connectivity index (χ4v) is 2.56. The molecule has 0 unspecified atom stereocenters. The zero-order valence-corrected chi connectivity index (χ0v) is 14.3. The third-order valence-electron chi connectivity index (χ3n) is 4.01. The minimum atomic E-state index is -0.550. The number of hydrogen-bond donors (Lipinski definition) is 1. The number of hydrogen-bond acceptors (Lipinski definition) is 2. The Balaban J connectivity index is 2.14. The van der Waals surface area contributed by atoms with Crippen LogP contribution in [0.15, 0.2) is 42.5 Å². The molecule has 0 aliphatic heterocycles. The van der Waals surface area contributed by atoms with Gasteiger partial charge in [0.05, 0.1) is 0 Å². The van der Waals surface area contributed by atoms with E-state index in [0.717, 1.165) is 41.0 Å². The first-order valence-electron chi connectivity index (χ1n) is 8.20. The molecule has 1 amide bonds. The highest BCUT2D eigenvalue weighted by atomic mass is 16.5. The Morgan fingerprint density at radius 2 is 1.65 bits per heavy atom. The minimum absolute atomic E-state index is 0.121. The van der Waals surface area contributed by atoms with E-state index in [4.69, 9.17) is 4.74 Å². The zero-order valence-electron chi connectivity index (χ0n) is 14.3. The van der Waals surface area contributed by atoms with E-state index in [-0.39, 0.29) is 5.91 Å². The summed E-state index contributed by atoms with van der Waals surface area (Å²) in [6, 6.07) is 13.9. The highest BCUT2D eigenvalue weighted by molar-refractivity contribution is 5.95. The number of para-hydroxylation sites is 2. The van der Waals surface area contributed by atoms with Gasteiger partial charge in [-0.15, -0.1) is 0 Å². The molecule has 3 nitrogen and oxygen atoms in total. The molecular formula is C20H25NO2. The second-order valence-corrected chi connectivity index (χ2v) is 5.67. The van der Waals surface area contributed by atoms with Crippen LogP contribution in [0, 0.1) is 6.92 Å². The predicted molar refractivity (Wildman–Crippen MR) is 95.1 cm³/mol. The number of amides is 1. The van der Waals surface area contributed by atoms with Crippen LogP contribution in [0.5, 0.6) is 5.75 Å². The van der Waals surface area contributed by atoms with Gasteiger partial charge in [0.1, 0.15) is 5.75 Å². The normalized spacial score (nSPS) is 11.8. The van der Waals surface area contributed by atoms with Crippen LogP contribution in [0.2, 0.25) is 0 Å². The molecule has 0 aliphatic rings. The molecule has 1 atom stereocenters. The van der Waals surface area contributed by atoms with Crippen molar-refractivity contribution < 1.29 is 9.53 Å². The van der Waals surface area contributed by atoms with Crippen molar-refractivity contribution in [2.45, 2.75) is 46.6 Å². The molecule has 0 heterocycles. The van der Waals surface area contributed by atoms with Crippen LogP contribution < -0.4 is 10.1 Å². The van der Waals surface area contributed by atoms with Crippen LogP contribution in [0.25, 0.3) is 0 Å². The Hall–Kier alpha value is -2.29. The van der Waals surface area contributed by atoms with E-state index < -0.39 is 6.10 Å². The van der Waals surface area contributed by atoms with Crippen molar-refractivity contribution in [3.8, 4) is 5.75 Å². The van der Waals surface area contributed by atoms with Gasteiger partial charge in [0.2, 0.25) is 0 Å². The standard InChI is InChI=1S/C20H25NO2/c1-5-16-11-9-12-17(6-2)19(16)21-20(22)15(4)23-18-13-8-7-10-14(18)3/h7-13,15H,5-6H2,1-4H3,(H,21,22)/t15-/m1/s1. The monoisotopic (exact) mass is 311 g/mol. The molecule has 2 aromatic carbocycles. The lowest BCUT2D eigenvalue weighted by atomic mass is 10.0. The van der Waals surface area contributed by atoms with Gasteiger partial charge in [0.25, 0.3) is 5.91 Å². The fraction of sp³-hybridized carbons (Fsp3) is 0.350. The van der Waals surface area contributed by atoms with E-state index in [0.29, 0.717) is 0 Å². The smallest absolute Gasteiger partial charge is 0.265 e. The summed E-state index contributed by atoms with van der Waals surface area (Å²) in [4.78, 5) is 12.5. The SMILES string of the molecule is CCc1cccc(CC)c1NC(=O)[C@@H](C)Oc1ccccc1C. The topological polar surface area (TPSA) is 38.3 Å². The lowest BCUT2D eigenvalue weighted by Gasteiger charge is -2.19. The molecule has 0 spiro atoms. The van der Waals surface area contributed by atoms with Crippen molar-refractivity contribution in [2.75, 3.05) is 5.32 Å². The maximum absolute atomic E-state index is 12.5. The maximum Gasteiger partial charge on any atom is 0.265 e. The lowest BCUT2D eigenvalue weighted by Crippen LogP contribution is -2.31. The Kier molecular flexibility index (Phi) is 5.80. The van der Waals surface area contributed by atoms with Gasteiger partial charge in [-0.3, -0.25) is 4.79 Å². The van der Waals surface area contributed by atoms with Gasteiger partial charge < -0.3 is 10.1 Å². The molecule has 2 aromatic rings. The highest BCUT2D eigenvalue weighted by Gasteiger charge is 2.18. The van der Waals surface area contributed by atoms with E-state index in [1.165, 1.54) is 0 Å². The van der Waals surface area contributed by atoms with Crippen molar-refractivity contribution >= 4 is 11.6 Å². The third kappa shape index (κ3) is 4.13. The van der Waals surface area contributed by atoms with Crippen molar-refractivity contribution in [3.05, 3.63) is 59.2 Å². The van der Waals surface area contributed by atoms with Crippen molar-refractivity contribution in [1.29, 1.82) is 0 Å². The summed E-state index contributed by atoms with van der Waals surface area (Å²) in [7, 11) is 0. The highest BCUT2D eigenvalue weighted by Crippen LogP contribution is 2.23. The molecule has 0 aromatic heterocycles. The summed E-state index contributed by atoms with van der Waals surface area (Å²) in [5, 5.41) is 3.06. The van der Waals surface area contributed by atoms with Gasteiger partial charge >= 0.3 is 0 Å². The number of carbonyl (C=O) groups is 1. The molecule has 122 valence electrons. The van der Waals surface area contributed by atoms with Crippen LogP contribution in [0.4, 0.5) is 5.69 Å². The maximum atomic E-state index is 12.5. The largest absolute Gasteiger partial charge is 0.481 e. The van der Waals surface area contributed by atoms with Gasteiger partial charge in [-0.05, 0) is 49.4 Å². The quantitative estimate of drug-likeness (QED) is 0.851. The summed E-state index contributed by atoms with van der Waals surface area (Å²) in [6.45, 7) is 7.94. The number of aryl methyl sites for hydroxylation is 3. The second-order valence-electron chi connectivity index (χ2n) is 5.67.